The maximum Gasteiger partial charge on any atom is 0.234 e. The van der Waals surface area contributed by atoms with Crippen LogP contribution in [0.25, 0.3) is 10.9 Å². The van der Waals surface area contributed by atoms with Crippen LogP contribution in [0.2, 0.25) is 0 Å². The van der Waals surface area contributed by atoms with Gasteiger partial charge in [-0.2, -0.15) is 0 Å². The number of carbonyl (C=O) groups excluding carboxylic acids is 1. The molecule has 30 heavy (non-hydrogen) atoms. The molecule has 3 aromatic rings. The molecule has 1 aliphatic rings. The van der Waals surface area contributed by atoms with Gasteiger partial charge in [-0.05, 0) is 35.7 Å². The molecule has 1 saturated heterocycles. The van der Waals surface area contributed by atoms with Crippen molar-refractivity contribution < 1.29 is 9.53 Å². The monoisotopic (exact) mass is 406 g/mol. The van der Waals surface area contributed by atoms with Gasteiger partial charge in [-0.1, -0.05) is 30.3 Å². The minimum Gasteiger partial charge on any atom is -0.497 e. The van der Waals surface area contributed by atoms with Gasteiger partial charge in [0.05, 0.1) is 13.7 Å². The van der Waals surface area contributed by atoms with Gasteiger partial charge in [0.25, 0.3) is 0 Å². The molecule has 158 valence electrons. The maximum absolute atomic E-state index is 12.4. The predicted octanol–water partition coefficient (Wildman–Crippen LogP) is 2.65. The van der Waals surface area contributed by atoms with E-state index >= 15 is 0 Å². The van der Waals surface area contributed by atoms with Crippen molar-refractivity contribution in [2.75, 3.05) is 46.4 Å². The van der Waals surface area contributed by atoms with Crippen molar-refractivity contribution in [2.45, 2.75) is 13.0 Å². The molecule has 2 N–H and O–H groups in total. The number of aromatic nitrogens is 1. The number of H-pyrrole nitrogens is 1. The van der Waals surface area contributed by atoms with E-state index in [0.29, 0.717) is 13.1 Å². The number of hydrogen-bond donors (Lipinski definition) is 2. The number of piperazine rings is 1. The van der Waals surface area contributed by atoms with E-state index in [1.54, 1.807) is 7.11 Å². The molecule has 0 aliphatic carbocycles. The Morgan fingerprint density at radius 3 is 2.53 bits per heavy atom. The van der Waals surface area contributed by atoms with E-state index < -0.39 is 0 Å². The molecule has 1 amide bonds. The summed E-state index contributed by atoms with van der Waals surface area (Å²) in [6, 6.07) is 16.5. The van der Waals surface area contributed by atoms with Crippen LogP contribution in [0.1, 0.15) is 11.1 Å². The molecule has 0 atom stereocenters. The van der Waals surface area contributed by atoms with Crippen molar-refractivity contribution in [3.63, 3.8) is 0 Å². The SMILES string of the molecule is COc1ccc(CN2CCN(CC(=O)NCCc3c[nH]c4ccccc34)CC2)cc1. The zero-order chi connectivity index (χ0) is 20.8. The van der Waals surface area contributed by atoms with Crippen LogP contribution < -0.4 is 10.1 Å². The van der Waals surface area contributed by atoms with Crippen molar-refractivity contribution in [3.05, 3.63) is 65.9 Å². The average molecular weight is 407 g/mol. The standard InChI is InChI=1S/C24H30N4O2/c1-30-21-8-6-19(7-9-21)17-27-12-14-28(15-13-27)18-24(29)25-11-10-20-16-26-23-5-3-2-4-22(20)23/h2-9,16,26H,10-15,17-18H2,1H3,(H,25,29). The van der Waals surface area contributed by atoms with Crippen LogP contribution in [0.5, 0.6) is 5.75 Å². The summed E-state index contributed by atoms with van der Waals surface area (Å²) in [5, 5.41) is 4.31. The number of fused-ring (bicyclic) bond motifs is 1. The van der Waals surface area contributed by atoms with E-state index in [1.165, 1.54) is 16.5 Å². The van der Waals surface area contributed by atoms with Crippen molar-refractivity contribution in [3.8, 4) is 5.75 Å². The quantitative estimate of drug-likeness (QED) is 0.604. The van der Waals surface area contributed by atoms with Crippen molar-refractivity contribution >= 4 is 16.8 Å². The van der Waals surface area contributed by atoms with E-state index in [9.17, 15) is 4.79 Å². The third kappa shape index (κ3) is 5.20. The highest BCUT2D eigenvalue weighted by atomic mass is 16.5. The second-order valence-electron chi connectivity index (χ2n) is 7.86. The fourth-order valence-electron chi connectivity index (χ4n) is 4.03. The van der Waals surface area contributed by atoms with Gasteiger partial charge in [-0.3, -0.25) is 14.6 Å². The normalized spacial score (nSPS) is 15.4. The molecular formula is C24H30N4O2. The molecule has 2 heterocycles. The van der Waals surface area contributed by atoms with Crippen LogP contribution in [0.4, 0.5) is 0 Å². The number of nitrogens with one attached hydrogen (secondary N) is 2. The summed E-state index contributed by atoms with van der Waals surface area (Å²) in [6.45, 7) is 5.89. The average Bonchev–Trinajstić information content (AvgIpc) is 3.19. The van der Waals surface area contributed by atoms with E-state index in [4.69, 9.17) is 4.74 Å². The minimum absolute atomic E-state index is 0.110. The van der Waals surface area contributed by atoms with Gasteiger partial charge in [0.1, 0.15) is 5.75 Å². The number of hydrogen-bond acceptors (Lipinski definition) is 4. The molecule has 0 saturated carbocycles. The Kier molecular flexibility index (Phi) is 6.67. The number of amides is 1. The van der Waals surface area contributed by atoms with Gasteiger partial charge in [0.2, 0.25) is 5.91 Å². The molecule has 1 aromatic heterocycles. The van der Waals surface area contributed by atoms with Gasteiger partial charge < -0.3 is 15.0 Å². The molecule has 2 aromatic carbocycles. The smallest absolute Gasteiger partial charge is 0.234 e. The van der Waals surface area contributed by atoms with Crippen LogP contribution in [-0.4, -0.2) is 67.1 Å². The lowest BCUT2D eigenvalue weighted by molar-refractivity contribution is -0.122. The highest BCUT2D eigenvalue weighted by Gasteiger charge is 2.19. The first kappa shape index (κ1) is 20.4. The zero-order valence-corrected chi connectivity index (χ0v) is 17.6. The van der Waals surface area contributed by atoms with Crippen molar-refractivity contribution in [1.82, 2.24) is 20.1 Å². The first-order valence-corrected chi connectivity index (χ1v) is 10.6. The summed E-state index contributed by atoms with van der Waals surface area (Å²) in [5.74, 6) is 0.998. The maximum atomic E-state index is 12.4. The zero-order valence-electron chi connectivity index (χ0n) is 17.6. The highest BCUT2D eigenvalue weighted by molar-refractivity contribution is 5.83. The number of benzene rings is 2. The number of methoxy groups -OCH3 is 1. The van der Waals surface area contributed by atoms with Crippen molar-refractivity contribution in [2.24, 2.45) is 0 Å². The summed E-state index contributed by atoms with van der Waals surface area (Å²) >= 11 is 0. The molecule has 6 heteroatoms. The summed E-state index contributed by atoms with van der Waals surface area (Å²) in [5.41, 5.74) is 3.68. The van der Waals surface area contributed by atoms with E-state index in [2.05, 4.69) is 44.4 Å². The number of carbonyl (C=O) groups is 1. The predicted molar refractivity (Wildman–Crippen MR) is 120 cm³/mol. The molecule has 0 unspecified atom stereocenters. The Morgan fingerprint density at radius 2 is 1.77 bits per heavy atom. The lowest BCUT2D eigenvalue weighted by Gasteiger charge is -2.34. The lowest BCUT2D eigenvalue weighted by atomic mass is 10.1. The Balaban J connectivity index is 1.16. The first-order valence-electron chi connectivity index (χ1n) is 10.6. The lowest BCUT2D eigenvalue weighted by Crippen LogP contribution is -2.49. The number of para-hydroxylation sites is 1. The largest absolute Gasteiger partial charge is 0.497 e. The summed E-state index contributed by atoms with van der Waals surface area (Å²) in [6.07, 6.45) is 2.88. The Morgan fingerprint density at radius 1 is 1.03 bits per heavy atom. The second kappa shape index (κ2) is 9.78. The van der Waals surface area contributed by atoms with Gasteiger partial charge in [-0.25, -0.2) is 0 Å². The molecule has 0 radical (unpaired) electrons. The van der Waals surface area contributed by atoms with Gasteiger partial charge in [0, 0.05) is 56.4 Å². The Bertz CT molecular complexity index is 959. The summed E-state index contributed by atoms with van der Waals surface area (Å²) in [4.78, 5) is 20.3. The molecule has 4 rings (SSSR count). The summed E-state index contributed by atoms with van der Waals surface area (Å²) in [7, 11) is 1.69. The molecule has 0 bridgehead atoms. The second-order valence-corrected chi connectivity index (χ2v) is 7.86. The van der Waals surface area contributed by atoms with E-state index in [-0.39, 0.29) is 5.91 Å². The van der Waals surface area contributed by atoms with Crippen LogP contribution in [0, 0.1) is 0 Å². The van der Waals surface area contributed by atoms with E-state index in [1.807, 2.05) is 30.5 Å². The van der Waals surface area contributed by atoms with Crippen LogP contribution in [0.3, 0.4) is 0 Å². The van der Waals surface area contributed by atoms with Crippen LogP contribution in [-0.2, 0) is 17.8 Å². The number of aromatic amines is 1. The fourth-order valence-corrected chi connectivity index (χ4v) is 4.03. The molecule has 0 spiro atoms. The minimum atomic E-state index is 0.110. The Labute approximate surface area is 177 Å². The molecule has 1 fully saturated rings. The topological polar surface area (TPSA) is 60.6 Å². The first-order chi connectivity index (χ1) is 14.7. The molecule has 6 nitrogen and oxygen atoms in total. The van der Waals surface area contributed by atoms with Gasteiger partial charge in [0.15, 0.2) is 0 Å². The van der Waals surface area contributed by atoms with Crippen molar-refractivity contribution in [1.29, 1.82) is 0 Å². The fraction of sp³-hybridized carbons (Fsp3) is 0.375. The number of nitrogens with zero attached hydrogens (tertiary/aromatic N) is 2. The summed E-state index contributed by atoms with van der Waals surface area (Å²) < 4.78 is 5.22. The third-order valence-electron chi connectivity index (χ3n) is 5.79. The number of ether oxygens (including phenoxy) is 1. The van der Waals surface area contributed by atoms with E-state index in [0.717, 1.165) is 50.4 Å². The highest BCUT2D eigenvalue weighted by Crippen LogP contribution is 2.17. The third-order valence-corrected chi connectivity index (χ3v) is 5.79. The molecule has 1 aliphatic heterocycles. The van der Waals surface area contributed by atoms with Gasteiger partial charge in [-0.15, -0.1) is 0 Å². The molecular weight excluding hydrogens is 376 g/mol. The van der Waals surface area contributed by atoms with Gasteiger partial charge >= 0.3 is 0 Å². The Hall–Kier alpha value is -2.83. The van der Waals surface area contributed by atoms with Crippen LogP contribution in [0.15, 0.2) is 54.7 Å². The number of rotatable bonds is 8. The van der Waals surface area contributed by atoms with Crippen LogP contribution >= 0.6 is 0 Å².